The van der Waals surface area contributed by atoms with Crippen molar-refractivity contribution >= 4 is 38.0 Å². The molecule has 1 heteroatoms. The molecule has 0 aromatic heterocycles. The van der Waals surface area contributed by atoms with Gasteiger partial charge in [0.2, 0.25) is 0 Å². The second kappa shape index (κ2) is 6.63. The highest BCUT2D eigenvalue weighted by Gasteiger charge is 2.20. The molecule has 0 amide bonds. The lowest BCUT2D eigenvalue weighted by Crippen LogP contribution is -2.18. The van der Waals surface area contributed by atoms with Gasteiger partial charge in [-0.1, -0.05) is 84.9 Å². The van der Waals surface area contributed by atoms with Crippen molar-refractivity contribution in [3.05, 3.63) is 102 Å². The highest BCUT2D eigenvalue weighted by atomic mass is 14.9. The molecule has 1 aliphatic rings. The quantitative estimate of drug-likeness (QED) is 0.320. The zero-order valence-electron chi connectivity index (χ0n) is 16.4. The van der Waals surface area contributed by atoms with Gasteiger partial charge in [-0.3, -0.25) is 0 Å². The van der Waals surface area contributed by atoms with Crippen LogP contribution in [0.5, 0.6) is 0 Å². The zero-order chi connectivity index (χ0) is 19.2. The summed E-state index contributed by atoms with van der Waals surface area (Å²) in [5.41, 5.74) is 4.22. The van der Waals surface area contributed by atoms with Gasteiger partial charge < -0.3 is 5.32 Å². The van der Waals surface area contributed by atoms with Crippen LogP contribution in [0.15, 0.2) is 91.0 Å². The van der Waals surface area contributed by atoms with Crippen molar-refractivity contribution in [2.75, 3.05) is 11.9 Å². The Bertz CT molecular complexity index is 1370. The zero-order valence-corrected chi connectivity index (χ0v) is 16.4. The van der Waals surface area contributed by atoms with Gasteiger partial charge in [0, 0.05) is 12.2 Å². The number of para-hydroxylation sites is 1. The van der Waals surface area contributed by atoms with E-state index in [0.717, 1.165) is 13.0 Å². The Kier molecular flexibility index (Phi) is 3.80. The third-order valence-corrected chi connectivity index (χ3v) is 6.55. The van der Waals surface area contributed by atoms with Crippen molar-refractivity contribution in [3.63, 3.8) is 0 Å². The standard InChI is InChI=1S/C28H23N/c1-2-8-22-19(6-1)12-13-27-25-10-5-7-20(23(25)14-15-26(22)27)18-21-16-17-29-28-11-4-3-9-24(21)28/h1-15,21,29H,16-18H2. The molecule has 1 heterocycles. The molecule has 29 heavy (non-hydrogen) atoms. The van der Waals surface area contributed by atoms with Crippen molar-refractivity contribution in [1.29, 1.82) is 0 Å². The van der Waals surface area contributed by atoms with Crippen LogP contribution in [0.2, 0.25) is 0 Å². The van der Waals surface area contributed by atoms with E-state index in [-0.39, 0.29) is 0 Å². The number of hydrogen-bond acceptors (Lipinski definition) is 1. The van der Waals surface area contributed by atoms with E-state index in [1.54, 1.807) is 0 Å². The summed E-state index contributed by atoms with van der Waals surface area (Å²) in [6.07, 6.45) is 2.28. The molecule has 0 saturated carbocycles. The van der Waals surface area contributed by atoms with Gasteiger partial charge in [-0.25, -0.2) is 0 Å². The predicted molar refractivity (Wildman–Crippen MR) is 125 cm³/mol. The summed E-state index contributed by atoms with van der Waals surface area (Å²) in [6, 6.07) is 33.5. The fourth-order valence-electron chi connectivity index (χ4n) is 5.13. The van der Waals surface area contributed by atoms with E-state index >= 15 is 0 Å². The lowest BCUT2D eigenvalue weighted by atomic mass is 9.84. The first kappa shape index (κ1) is 16.6. The number of hydrogen-bond donors (Lipinski definition) is 1. The number of benzene rings is 5. The molecule has 1 atom stereocenters. The average molecular weight is 373 g/mol. The molecule has 0 bridgehead atoms. The van der Waals surface area contributed by atoms with Gasteiger partial charge in [0.05, 0.1) is 0 Å². The van der Waals surface area contributed by atoms with Crippen LogP contribution < -0.4 is 5.32 Å². The normalized spacial score (nSPS) is 16.1. The van der Waals surface area contributed by atoms with E-state index < -0.39 is 0 Å². The van der Waals surface area contributed by atoms with E-state index in [1.165, 1.54) is 55.6 Å². The smallest absolute Gasteiger partial charge is 0.0375 e. The van der Waals surface area contributed by atoms with Crippen LogP contribution in [-0.4, -0.2) is 6.54 Å². The molecule has 1 nitrogen and oxygen atoms in total. The number of nitrogens with one attached hydrogen (secondary N) is 1. The molecule has 0 aliphatic carbocycles. The summed E-state index contributed by atoms with van der Waals surface area (Å²) in [7, 11) is 0. The third kappa shape index (κ3) is 2.69. The molecule has 5 aromatic carbocycles. The van der Waals surface area contributed by atoms with E-state index in [0.29, 0.717) is 5.92 Å². The molecule has 0 radical (unpaired) electrons. The number of rotatable bonds is 2. The highest BCUT2D eigenvalue weighted by molar-refractivity contribution is 6.17. The maximum atomic E-state index is 3.56. The lowest BCUT2D eigenvalue weighted by molar-refractivity contribution is 0.626. The molecule has 1 unspecified atom stereocenters. The van der Waals surface area contributed by atoms with Gasteiger partial charge in [-0.15, -0.1) is 0 Å². The Morgan fingerprint density at radius 1 is 0.621 bits per heavy atom. The number of fused-ring (bicyclic) bond motifs is 6. The van der Waals surface area contributed by atoms with Crippen LogP contribution in [0.4, 0.5) is 5.69 Å². The first-order chi connectivity index (χ1) is 14.4. The van der Waals surface area contributed by atoms with E-state index in [4.69, 9.17) is 0 Å². The minimum atomic E-state index is 0.574. The van der Waals surface area contributed by atoms with Crippen LogP contribution in [0, 0.1) is 0 Å². The maximum absolute atomic E-state index is 3.56. The van der Waals surface area contributed by atoms with Crippen LogP contribution in [0.3, 0.4) is 0 Å². The van der Waals surface area contributed by atoms with Crippen LogP contribution in [0.25, 0.3) is 32.3 Å². The summed E-state index contributed by atoms with van der Waals surface area (Å²) in [5.74, 6) is 0.574. The fraction of sp³-hybridized carbons (Fsp3) is 0.143. The van der Waals surface area contributed by atoms with Gasteiger partial charge in [-0.05, 0) is 68.3 Å². The van der Waals surface area contributed by atoms with Crippen LogP contribution in [-0.2, 0) is 6.42 Å². The lowest BCUT2D eigenvalue weighted by Gasteiger charge is -2.27. The van der Waals surface area contributed by atoms with E-state index in [1.807, 2.05) is 0 Å². The Hall–Kier alpha value is -3.32. The molecule has 0 saturated heterocycles. The minimum absolute atomic E-state index is 0.574. The fourth-order valence-corrected chi connectivity index (χ4v) is 5.13. The third-order valence-electron chi connectivity index (χ3n) is 6.55. The Morgan fingerprint density at radius 3 is 2.34 bits per heavy atom. The van der Waals surface area contributed by atoms with Crippen molar-refractivity contribution in [1.82, 2.24) is 0 Å². The second-order valence-corrected chi connectivity index (χ2v) is 8.16. The minimum Gasteiger partial charge on any atom is -0.385 e. The first-order valence-electron chi connectivity index (χ1n) is 10.5. The summed E-state index contributed by atoms with van der Waals surface area (Å²) in [5, 5.41) is 11.7. The molecular weight excluding hydrogens is 350 g/mol. The predicted octanol–water partition coefficient (Wildman–Crippen LogP) is 7.29. The Balaban J connectivity index is 1.50. The first-order valence-corrected chi connectivity index (χ1v) is 10.5. The topological polar surface area (TPSA) is 12.0 Å². The Morgan fingerprint density at radius 2 is 1.34 bits per heavy atom. The second-order valence-electron chi connectivity index (χ2n) is 8.16. The van der Waals surface area contributed by atoms with Crippen LogP contribution >= 0.6 is 0 Å². The van der Waals surface area contributed by atoms with Gasteiger partial charge in [0.1, 0.15) is 0 Å². The summed E-state index contributed by atoms with van der Waals surface area (Å²) < 4.78 is 0. The van der Waals surface area contributed by atoms with Crippen LogP contribution in [0.1, 0.15) is 23.5 Å². The monoisotopic (exact) mass is 373 g/mol. The molecule has 0 spiro atoms. The highest BCUT2D eigenvalue weighted by Crippen LogP contribution is 2.37. The summed E-state index contributed by atoms with van der Waals surface area (Å²) >= 11 is 0. The van der Waals surface area contributed by atoms with Crippen molar-refractivity contribution in [2.24, 2.45) is 0 Å². The molecule has 1 aliphatic heterocycles. The molecule has 6 rings (SSSR count). The van der Waals surface area contributed by atoms with E-state index in [2.05, 4.69) is 96.3 Å². The summed E-state index contributed by atoms with van der Waals surface area (Å²) in [6.45, 7) is 1.06. The number of anilines is 1. The van der Waals surface area contributed by atoms with Crippen molar-refractivity contribution in [2.45, 2.75) is 18.8 Å². The SMILES string of the molecule is c1ccc2c(c1)NCCC2Cc1cccc2c1ccc1c3ccccc3ccc21. The molecule has 140 valence electrons. The molecular formula is C28H23N. The molecule has 1 N–H and O–H groups in total. The average Bonchev–Trinajstić information content (AvgIpc) is 2.79. The van der Waals surface area contributed by atoms with Crippen molar-refractivity contribution in [3.8, 4) is 0 Å². The largest absolute Gasteiger partial charge is 0.385 e. The molecule has 5 aromatic rings. The van der Waals surface area contributed by atoms with E-state index in [9.17, 15) is 0 Å². The maximum Gasteiger partial charge on any atom is 0.0375 e. The molecule has 0 fully saturated rings. The van der Waals surface area contributed by atoms with Gasteiger partial charge >= 0.3 is 0 Å². The Labute approximate surface area is 171 Å². The van der Waals surface area contributed by atoms with Crippen molar-refractivity contribution < 1.29 is 0 Å². The van der Waals surface area contributed by atoms with Gasteiger partial charge in [-0.2, -0.15) is 0 Å². The van der Waals surface area contributed by atoms with Gasteiger partial charge in [0.15, 0.2) is 0 Å². The van der Waals surface area contributed by atoms with Gasteiger partial charge in [0.25, 0.3) is 0 Å². The summed E-state index contributed by atoms with van der Waals surface area (Å²) in [4.78, 5) is 0.